The molecule has 0 aromatic rings. The van der Waals surface area contributed by atoms with Crippen LogP contribution in [0.4, 0.5) is 13.2 Å². The number of ketones is 1. The van der Waals surface area contributed by atoms with E-state index in [1.165, 1.54) is 14.2 Å². The second-order valence-electron chi connectivity index (χ2n) is 7.23. The van der Waals surface area contributed by atoms with Crippen LogP contribution in [0.15, 0.2) is 11.6 Å². The summed E-state index contributed by atoms with van der Waals surface area (Å²) < 4.78 is 60.0. The summed E-state index contributed by atoms with van der Waals surface area (Å²) in [6.45, 7) is 3.32. The van der Waals surface area contributed by atoms with Gasteiger partial charge in [-0.2, -0.15) is 13.2 Å². The lowest BCUT2D eigenvalue weighted by molar-refractivity contribution is -0.157. The molecule has 6 atom stereocenters. The molecule has 0 aromatic heterocycles. The number of halogens is 3. The molecule has 1 aliphatic carbocycles. The molecule has 8 heteroatoms. The number of ether oxygens (including phenoxy) is 4. The molecule has 1 unspecified atom stereocenters. The highest BCUT2D eigenvalue weighted by molar-refractivity contribution is 5.89. The molecule has 25 heavy (non-hydrogen) atoms. The third kappa shape index (κ3) is 3.13. The first kappa shape index (κ1) is 18.8. The van der Waals surface area contributed by atoms with Crippen molar-refractivity contribution in [2.75, 3.05) is 20.8 Å². The van der Waals surface area contributed by atoms with Crippen molar-refractivity contribution in [3.05, 3.63) is 11.6 Å². The van der Waals surface area contributed by atoms with Crippen LogP contribution < -0.4 is 0 Å². The molecule has 5 nitrogen and oxygen atoms in total. The Morgan fingerprint density at radius 1 is 1.36 bits per heavy atom. The Labute approximate surface area is 144 Å². The fraction of sp³-hybridized carbons (Fsp3) is 0.824. The summed E-state index contributed by atoms with van der Waals surface area (Å²) in [7, 11) is 2.91. The van der Waals surface area contributed by atoms with Crippen LogP contribution in [0.3, 0.4) is 0 Å². The molecule has 3 rings (SSSR count). The Morgan fingerprint density at radius 3 is 2.48 bits per heavy atom. The van der Waals surface area contributed by atoms with Crippen molar-refractivity contribution < 1.29 is 36.9 Å². The molecule has 0 N–H and O–H groups in total. The molecule has 1 spiro atoms. The minimum Gasteiger partial charge on any atom is -0.373 e. The van der Waals surface area contributed by atoms with Gasteiger partial charge in [-0.25, -0.2) is 0 Å². The van der Waals surface area contributed by atoms with Crippen molar-refractivity contribution >= 4 is 5.78 Å². The smallest absolute Gasteiger partial charge is 0.373 e. The molecule has 2 heterocycles. The summed E-state index contributed by atoms with van der Waals surface area (Å²) in [6, 6.07) is 0. The fourth-order valence-electron chi connectivity index (χ4n) is 4.06. The van der Waals surface area contributed by atoms with Crippen LogP contribution in [0.5, 0.6) is 0 Å². The molecule has 0 amide bonds. The quantitative estimate of drug-likeness (QED) is 0.554. The first-order valence-electron chi connectivity index (χ1n) is 8.24. The van der Waals surface area contributed by atoms with Crippen molar-refractivity contribution in [2.24, 2.45) is 5.92 Å². The number of hydrogen-bond acceptors (Lipinski definition) is 5. The largest absolute Gasteiger partial charge is 0.412 e. The Morgan fingerprint density at radius 2 is 2.00 bits per heavy atom. The van der Waals surface area contributed by atoms with E-state index in [9.17, 15) is 18.0 Å². The maximum absolute atomic E-state index is 12.6. The summed E-state index contributed by atoms with van der Waals surface area (Å²) >= 11 is 0. The number of rotatable bonds is 5. The van der Waals surface area contributed by atoms with Gasteiger partial charge in [0.15, 0.2) is 5.78 Å². The first-order valence-corrected chi connectivity index (χ1v) is 8.24. The molecule has 1 saturated carbocycles. The minimum absolute atomic E-state index is 0.132. The summed E-state index contributed by atoms with van der Waals surface area (Å²) in [5.41, 5.74) is -1.97. The average molecular weight is 364 g/mol. The second kappa shape index (κ2) is 6.04. The molecule has 0 aromatic carbocycles. The van der Waals surface area contributed by atoms with Gasteiger partial charge < -0.3 is 18.9 Å². The van der Waals surface area contributed by atoms with Crippen molar-refractivity contribution in [2.45, 2.75) is 62.4 Å². The van der Waals surface area contributed by atoms with E-state index in [2.05, 4.69) is 0 Å². The normalized spacial score (nSPS) is 44.3. The topological polar surface area (TPSA) is 60.6 Å². The number of Topliss-reactive ketones (excluding diaryl/α,β-unsaturated/α-hetero) is 1. The number of epoxide rings is 2. The zero-order chi connectivity index (χ0) is 18.6. The molecule has 2 aliphatic heterocycles. The van der Waals surface area contributed by atoms with Crippen molar-refractivity contribution in [3.63, 3.8) is 0 Å². The van der Waals surface area contributed by atoms with Crippen LogP contribution in [0, 0.1) is 5.92 Å². The van der Waals surface area contributed by atoms with E-state index in [4.69, 9.17) is 18.9 Å². The van der Waals surface area contributed by atoms with Gasteiger partial charge in [0, 0.05) is 26.2 Å². The van der Waals surface area contributed by atoms with Crippen molar-refractivity contribution in [1.82, 2.24) is 0 Å². The van der Waals surface area contributed by atoms with E-state index in [1.54, 1.807) is 0 Å². The van der Waals surface area contributed by atoms with E-state index in [1.807, 2.05) is 6.92 Å². The van der Waals surface area contributed by atoms with Gasteiger partial charge in [-0.15, -0.1) is 0 Å². The van der Waals surface area contributed by atoms with Crippen LogP contribution in [-0.2, 0) is 23.7 Å². The number of carbonyl (C=O) groups is 1. The van der Waals surface area contributed by atoms with Gasteiger partial charge in [0.25, 0.3) is 0 Å². The van der Waals surface area contributed by atoms with Crippen LogP contribution in [0.2, 0.25) is 0 Å². The lowest BCUT2D eigenvalue weighted by atomic mass is 9.68. The van der Waals surface area contributed by atoms with Gasteiger partial charge in [-0.1, -0.05) is 6.08 Å². The molecule has 0 bridgehead atoms. The van der Waals surface area contributed by atoms with Crippen LogP contribution in [-0.4, -0.2) is 62.3 Å². The average Bonchev–Trinajstić information content (AvgIpc) is 3.44. The maximum Gasteiger partial charge on any atom is 0.412 e. The third-order valence-corrected chi connectivity index (χ3v) is 5.73. The Bertz CT molecular complexity index is 583. The van der Waals surface area contributed by atoms with Gasteiger partial charge in [-0.05, 0) is 20.3 Å². The zero-order valence-corrected chi connectivity index (χ0v) is 14.7. The third-order valence-electron chi connectivity index (χ3n) is 5.73. The number of alkyl halides is 3. The maximum atomic E-state index is 12.6. The summed E-state index contributed by atoms with van der Waals surface area (Å²) in [6.07, 6.45) is -4.42. The van der Waals surface area contributed by atoms with Crippen molar-refractivity contribution in [1.29, 1.82) is 0 Å². The van der Waals surface area contributed by atoms with Crippen LogP contribution in [0.25, 0.3) is 0 Å². The van der Waals surface area contributed by atoms with Gasteiger partial charge in [0.2, 0.25) is 0 Å². The molecule has 142 valence electrons. The Kier molecular flexibility index (Phi) is 4.55. The lowest BCUT2D eigenvalue weighted by Crippen LogP contribution is -2.58. The van der Waals surface area contributed by atoms with Gasteiger partial charge in [-0.3, -0.25) is 4.79 Å². The number of hydrogen-bond donors (Lipinski definition) is 0. The standard InChI is InChI=1S/C17H23F3O5/c1-9(17(18,19)20)5-6-11-15(2,25-11)14-13(23-4)12(21)10(22-3)7-16(14)8-24-16/h5,10-11,13-14H,6-8H2,1-4H3/b9-5+/t10-,11+,13+,14+,15?,16-/m0/s1. The summed E-state index contributed by atoms with van der Waals surface area (Å²) in [5.74, 6) is -0.540. The predicted molar refractivity (Wildman–Crippen MR) is 81.1 cm³/mol. The van der Waals surface area contributed by atoms with E-state index < -0.39 is 41.3 Å². The molecule has 3 aliphatic rings. The molecule has 0 radical (unpaired) electrons. The predicted octanol–water partition coefficient (Wildman–Crippen LogP) is 2.43. The highest BCUT2D eigenvalue weighted by Gasteiger charge is 2.73. The van der Waals surface area contributed by atoms with Crippen LogP contribution in [0.1, 0.15) is 26.7 Å². The van der Waals surface area contributed by atoms with Crippen LogP contribution >= 0.6 is 0 Å². The van der Waals surface area contributed by atoms with E-state index >= 15 is 0 Å². The van der Waals surface area contributed by atoms with Gasteiger partial charge in [0.05, 0.1) is 18.6 Å². The highest BCUT2D eigenvalue weighted by atomic mass is 19.4. The number of allylic oxidation sites excluding steroid dienone is 1. The highest BCUT2D eigenvalue weighted by Crippen LogP contribution is 2.59. The minimum atomic E-state index is -4.34. The number of methoxy groups -OCH3 is 2. The fourth-order valence-corrected chi connectivity index (χ4v) is 4.06. The Balaban J connectivity index is 1.78. The lowest BCUT2D eigenvalue weighted by Gasteiger charge is -2.40. The first-order chi connectivity index (χ1) is 11.6. The summed E-state index contributed by atoms with van der Waals surface area (Å²) in [4.78, 5) is 12.6. The van der Waals surface area contributed by atoms with E-state index in [-0.39, 0.29) is 18.1 Å². The van der Waals surface area contributed by atoms with Crippen molar-refractivity contribution in [3.8, 4) is 0 Å². The molecular formula is C17H23F3O5. The van der Waals surface area contributed by atoms with E-state index in [0.29, 0.717) is 13.0 Å². The SMILES string of the molecule is CO[C@H]1C[C@]2(CO2)[C@@H](C2(C)O[C@@H]2C/C=C(\C)C(F)(F)F)[C@H](OC)C1=O. The monoisotopic (exact) mass is 364 g/mol. The van der Waals surface area contributed by atoms with Gasteiger partial charge in [0.1, 0.15) is 23.4 Å². The second-order valence-corrected chi connectivity index (χ2v) is 7.23. The molecule has 3 fully saturated rings. The van der Waals surface area contributed by atoms with Gasteiger partial charge >= 0.3 is 6.18 Å². The molecule has 2 saturated heterocycles. The van der Waals surface area contributed by atoms with E-state index in [0.717, 1.165) is 13.0 Å². The zero-order valence-electron chi connectivity index (χ0n) is 14.7. The summed E-state index contributed by atoms with van der Waals surface area (Å²) in [5, 5.41) is 0. The Hall–Kier alpha value is -0.960. The number of carbonyl (C=O) groups excluding carboxylic acids is 1. The molecular weight excluding hydrogens is 341 g/mol.